The van der Waals surface area contributed by atoms with E-state index in [0.29, 0.717) is 45.8 Å². The summed E-state index contributed by atoms with van der Waals surface area (Å²) in [6.07, 6.45) is -1.05. The lowest BCUT2D eigenvalue weighted by atomic mass is 9.99. The van der Waals surface area contributed by atoms with Gasteiger partial charge in [-0.2, -0.15) is 0 Å². The molecule has 0 saturated carbocycles. The van der Waals surface area contributed by atoms with Gasteiger partial charge in [0.15, 0.2) is 0 Å². The maximum Gasteiger partial charge on any atom is 0.305 e. The van der Waals surface area contributed by atoms with Gasteiger partial charge in [-0.25, -0.2) is 4.98 Å². The molecule has 16 amide bonds. The minimum absolute atomic E-state index is 0.120. The van der Waals surface area contributed by atoms with Crippen LogP contribution in [0.2, 0.25) is 0 Å². The molecular formula is C81H112N20O22S. The van der Waals surface area contributed by atoms with Crippen molar-refractivity contribution < 1.29 is 107 Å². The van der Waals surface area contributed by atoms with Crippen LogP contribution in [-0.4, -0.2) is 252 Å². The molecule has 3 heterocycles. The number of aromatic hydroxyl groups is 1. The number of aromatic amines is 2. The van der Waals surface area contributed by atoms with Gasteiger partial charge in [-0.1, -0.05) is 102 Å². The molecule has 43 heteroatoms. The summed E-state index contributed by atoms with van der Waals surface area (Å²) in [5.74, 6) is -24.2. The van der Waals surface area contributed by atoms with Crippen molar-refractivity contribution in [3.05, 3.63) is 120 Å². The number of carboxylic acids is 2. The Morgan fingerprint density at radius 3 is 1.35 bits per heavy atom. The molecule has 674 valence electrons. The van der Waals surface area contributed by atoms with Gasteiger partial charge in [0.25, 0.3) is 0 Å². The van der Waals surface area contributed by atoms with E-state index in [2.05, 4.69) is 89.4 Å². The first-order valence-electron chi connectivity index (χ1n) is 40.2. The summed E-state index contributed by atoms with van der Waals surface area (Å²) in [7, 11) is 0. The predicted molar refractivity (Wildman–Crippen MR) is 448 cm³/mol. The van der Waals surface area contributed by atoms with Crippen molar-refractivity contribution in [2.45, 2.75) is 204 Å². The molecule has 0 aliphatic carbocycles. The SMILES string of the molecule is CC(C)C[C@@H]1NC(=O)[C@H](CC(C)C)NC(=O)[C@H](CCCCN)NC(=O)[C@H](CO)NC(=O)[C@H](CC(C)C)NC(=O)[C@H](Cc2c[nH]c3ccccc23)NC(=O)[C@H](CC(N)=O)NC(=O)[C@H](CC(=O)O)NC(=O)[C@H](Cc2ccccc2)NC(=O)[C@H](Cc2c[nH]cn2)NC(=O)[C@H](Cc2ccc(O)cc2)NC(=O)CSC[C@@H](C(=O)NCC(N)=O)NC(=O)[C@H](CC(=O)O)NC1=O. The molecule has 6 rings (SSSR count). The first kappa shape index (κ1) is 99.8. The summed E-state index contributed by atoms with van der Waals surface area (Å²) in [5, 5.41) is 76.5. The number of nitrogens with zero attached hydrogens (tertiary/aromatic N) is 1. The Kier molecular flexibility index (Phi) is 40.0. The van der Waals surface area contributed by atoms with Gasteiger partial charge in [-0.3, -0.25) is 86.3 Å². The van der Waals surface area contributed by atoms with Crippen molar-refractivity contribution in [1.29, 1.82) is 0 Å². The van der Waals surface area contributed by atoms with Crippen molar-refractivity contribution in [1.82, 2.24) is 89.4 Å². The normalized spacial score (nSPS) is 23.2. The van der Waals surface area contributed by atoms with Crippen LogP contribution in [0.3, 0.4) is 0 Å². The highest BCUT2D eigenvalue weighted by Gasteiger charge is 2.40. The summed E-state index contributed by atoms with van der Waals surface area (Å²) < 4.78 is 0. The number of hydrogen-bond donors (Lipinski definition) is 23. The Labute approximate surface area is 717 Å². The smallest absolute Gasteiger partial charge is 0.305 e. The number of aliphatic hydroxyl groups is 1. The van der Waals surface area contributed by atoms with Crippen molar-refractivity contribution in [2.24, 2.45) is 35.0 Å². The number of amides is 16. The van der Waals surface area contributed by atoms with Crippen molar-refractivity contribution in [3.63, 3.8) is 0 Å². The number of benzene rings is 3. The molecule has 1 saturated heterocycles. The van der Waals surface area contributed by atoms with E-state index in [0.717, 1.165) is 0 Å². The zero-order chi connectivity index (χ0) is 91.4. The summed E-state index contributed by atoms with van der Waals surface area (Å²) in [6.45, 7) is 8.26. The Morgan fingerprint density at radius 1 is 0.460 bits per heavy atom. The van der Waals surface area contributed by atoms with Crippen LogP contribution in [0.25, 0.3) is 10.9 Å². The van der Waals surface area contributed by atoms with Crippen LogP contribution in [0.4, 0.5) is 0 Å². The first-order chi connectivity index (χ1) is 58.8. The number of para-hydroxylation sites is 1. The summed E-state index contributed by atoms with van der Waals surface area (Å²) in [5.41, 5.74) is 18.7. The number of nitrogens with two attached hydrogens (primary N) is 3. The van der Waals surface area contributed by atoms with Gasteiger partial charge < -0.3 is 122 Å². The van der Waals surface area contributed by atoms with Gasteiger partial charge in [-0.15, -0.1) is 11.8 Å². The third-order valence-corrected chi connectivity index (χ3v) is 20.4. The molecule has 26 N–H and O–H groups in total. The number of hydrogen-bond acceptors (Lipinski definition) is 23. The van der Waals surface area contributed by atoms with Crippen LogP contribution in [0, 0.1) is 17.8 Å². The number of nitrogens with one attached hydrogen (secondary N) is 16. The Bertz CT molecular complexity index is 4550. The average molecular weight is 1750 g/mol. The largest absolute Gasteiger partial charge is 0.508 e. The molecule has 0 spiro atoms. The fraction of sp³-hybridized carbons (Fsp3) is 0.494. The third-order valence-electron chi connectivity index (χ3n) is 19.3. The molecule has 1 fully saturated rings. The fourth-order valence-corrected chi connectivity index (χ4v) is 14.0. The Morgan fingerprint density at radius 2 is 0.871 bits per heavy atom. The number of rotatable bonds is 28. The molecule has 0 bridgehead atoms. The zero-order valence-corrected chi connectivity index (χ0v) is 70.2. The maximum atomic E-state index is 15.0. The molecule has 1 aliphatic rings. The average Bonchev–Trinajstić information content (AvgIpc) is 1.66. The molecule has 42 nitrogen and oxygen atoms in total. The fourth-order valence-electron chi connectivity index (χ4n) is 13.2. The van der Waals surface area contributed by atoms with Crippen LogP contribution in [0.15, 0.2) is 97.6 Å². The number of aromatic nitrogens is 3. The maximum absolute atomic E-state index is 15.0. The lowest BCUT2D eigenvalue weighted by Crippen LogP contribution is -2.62. The van der Waals surface area contributed by atoms with Crippen LogP contribution < -0.4 is 91.6 Å². The molecule has 13 atom stereocenters. The van der Waals surface area contributed by atoms with Crippen LogP contribution in [0.5, 0.6) is 5.75 Å². The first-order valence-corrected chi connectivity index (χ1v) is 41.4. The minimum atomic E-state index is -2.17. The number of H-pyrrole nitrogens is 2. The molecule has 2 aromatic heterocycles. The summed E-state index contributed by atoms with van der Waals surface area (Å²) in [6, 6.07) is -3.02. The van der Waals surface area contributed by atoms with Crippen LogP contribution in [0.1, 0.15) is 122 Å². The zero-order valence-electron chi connectivity index (χ0n) is 69.4. The highest BCUT2D eigenvalue weighted by atomic mass is 32.2. The van der Waals surface area contributed by atoms with E-state index >= 15 is 9.59 Å². The number of imidazole rings is 1. The third kappa shape index (κ3) is 33.7. The van der Waals surface area contributed by atoms with E-state index in [1.807, 2.05) is 0 Å². The number of phenols is 1. The number of fused-ring (bicyclic) bond motifs is 1. The van der Waals surface area contributed by atoms with Crippen LogP contribution in [-0.2, 0) is 112 Å². The predicted octanol–water partition coefficient (Wildman–Crippen LogP) is -4.40. The lowest BCUT2D eigenvalue weighted by molar-refractivity contribution is -0.142. The molecule has 3 aromatic carbocycles. The molecule has 124 heavy (non-hydrogen) atoms. The van der Waals surface area contributed by atoms with Crippen molar-refractivity contribution in [3.8, 4) is 5.75 Å². The summed E-state index contributed by atoms with van der Waals surface area (Å²) >= 11 is 0.650. The van der Waals surface area contributed by atoms with E-state index in [1.165, 1.54) is 43.0 Å². The van der Waals surface area contributed by atoms with Crippen LogP contribution >= 0.6 is 11.8 Å². The Hall–Kier alpha value is -13.1. The Balaban J connectivity index is 1.47. The van der Waals surface area contributed by atoms with E-state index in [-0.39, 0.29) is 62.4 Å². The number of aliphatic carboxylic acids is 2. The second-order valence-corrected chi connectivity index (χ2v) is 32.2. The number of carbonyl (C=O) groups excluding carboxylic acids is 16. The van der Waals surface area contributed by atoms with Gasteiger partial charge in [0.05, 0.1) is 50.2 Å². The van der Waals surface area contributed by atoms with Gasteiger partial charge in [0, 0.05) is 54.7 Å². The highest BCUT2D eigenvalue weighted by Crippen LogP contribution is 2.22. The number of thioether (sulfide) groups is 1. The van der Waals surface area contributed by atoms with E-state index in [4.69, 9.17) is 17.2 Å². The standard InChI is InChI=1S/C81H112N20O22S/c1-41(2)24-52-71(113)92-53(25-42(3)4)72(114)98-61(33-68(109)110)80(122)101-63(69(111)87-36-65(84)105)38-124-39-66(106)89-55(28-45-19-21-48(103)22-20-45)74(116)96-58(30-47-35-85-40-88-47)77(119)94-56(27-44-14-8-7-9-15-44)75(117)99-60(32-67(107)108)79(121)97-59(31-64(83)104)78(120)95-57(29-46-34-86-50-17-11-10-16-49(46)50)76(118)93-54(26-43(5)6)73(115)100-62(37-102)81(123)90-51(70(112)91-52)18-12-13-23-82/h7-11,14-17,19-22,34-35,40-43,51-63,86,102-103H,12-13,18,23-33,36-39,82H2,1-6H3,(H2,83,104)(H2,84,105)(H,85,88)(H,87,111)(H,89,106)(H,90,123)(H,91,112)(H,92,113)(H,93,118)(H,94,119)(H,95,120)(H,96,116)(H,97,121)(H,98,114)(H,99,117)(H,100,115)(H,101,122)(H,107,108)(H,109,110)/t51-,52-,53-,54-,55-,56-,57-,58-,59-,60-,61-,62-,63-/m0/s1. The number of carboxylic acid groups (broad SMARTS) is 2. The van der Waals surface area contributed by atoms with E-state index in [1.54, 1.807) is 96.1 Å². The highest BCUT2D eigenvalue weighted by molar-refractivity contribution is 8.00. The van der Waals surface area contributed by atoms with Crippen molar-refractivity contribution >= 4 is 129 Å². The van der Waals surface area contributed by atoms with E-state index < -0.39 is 260 Å². The van der Waals surface area contributed by atoms with E-state index in [9.17, 15) is 97.1 Å². The van der Waals surface area contributed by atoms with Gasteiger partial charge in [0.1, 0.15) is 84.3 Å². The van der Waals surface area contributed by atoms with Crippen molar-refractivity contribution in [2.75, 3.05) is 31.2 Å². The molecular weight excluding hydrogens is 1640 g/mol. The number of unbranched alkanes of at least 4 members (excludes halogenated alkanes) is 1. The summed E-state index contributed by atoms with van der Waals surface area (Å²) in [4.78, 5) is 265. The minimum Gasteiger partial charge on any atom is -0.508 e. The lowest BCUT2D eigenvalue weighted by Gasteiger charge is -2.29. The number of aliphatic hydroxyl groups excluding tert-OH is 1. The molecule has 1 aliphatic heterocycles. The molecule has 0 radical (unpaired) electrons. The second kappa shape index (κ2) is 49.8. The monoisotopic (exact) mass is 1750 g/mol. The van der Waals surface area contributed by atoms with Gasteiger partial charge >= 0.3 is 11.9 Å². The quantitative estimate of drug-likeness (QED) is 0.0210. The van der Waals surface area contributed by atoms with Gasteiger partial charge in [-0.05, 0) is 97.7 Å². The molecule has 0 unspecified atom stereocenters. The number of carbonyl (C=O) groups is 18. The second-order valence-electron chi connectivity index (χ2n) is 31.2. The number of phenolic OH excluding ortho intramolecular Hbond substituents is 1. The molecule has 5 aromatic rings. The number of primary amides is 2. The topological polar surface area (TPSA) is 679 Å². The van der Waals surface area contributed by atoms with Gasteiger partial charge in [0.2, 0.25) is 94.5 Å².